The van der Waals surface area contributed by atoms with Gasteiger partial charge in [0.2, 0.25) is 5.91 Å². The lowest BCUT2D eigenvalue weighted by atomic mass is 10.0. The van der Waals surface area contributed by atoms with Gasteiger partial charge in [-0.05, 0) is 29.3 Å². The monoisotopic (exact) mass is 266 g/mol. The molecule has 1 heterocycles. The summed E-state index contributed by atoms with van der Waals surface area (Å²) < 4.78 is 5.57. The highest BCUT2D eigenvalue weighted by Gasteiger charge is 2.20. The SMILES string of the molecule is NNC(=O)Cc1cc(-c2ccccc2)c2cccoc1-2. The molecule has 1 aromatic carbocycles. The van der Waals surface area contributed by atoms with E-state index >= 15 is 0 Å². The second kappa shape index (κ2) is 5.19. The van der Waals surface area contributed by atoms with Crippen molar-refractivity contribution >= 4 is 5.91 Å². The molecule has 0 aromatic heterocycles. The van der Waals surface area contributed by atoms with Crippen LogP contribution >= 0.6 is 0 Å². The number of hydrazine groups is 1. The van der Waals surface area contributed by atoms with E-state index in [-0.39, 0.29) is 12.3 Å². The number of rotatable bonds is 3. The number of benzene rings is 1. The Kier molecular flexibility index (Phi) is 3.23. The van der Waals surface area contributed by atoms with Crippen molar-refractivity contribution in [3.8, 4) is 22.5 Å². The van der Waals surface area contributed by atoms with Crippen molar-refractivity contribution < 1.29 is 9.21 Å². The fraction of sp³-hybridized carbons (Fsp3) is 0.0625. The molecule has 1 aliphatic carbocycles. The minimum absolute atomic E-state index is 0.202. The summed E-state index contributed by atoms with van der Waals surface area (Å²) in [5.41, 5.74) is 6.14. The van der Waals surface area contributed by atoms with Crippen molar-refractivity contribution in [3.63, 3.8) is 0 Å². The van der Waals surface area contributed by atoms with Crippen molar-refractivity contribution in [1.29, 1.82) is 0 Å². The third-order valence-electron chi connectivity index (χ3n) is 3.27. The highest BCUT2D eigenvalue weighted by molar-refractivity contribution is 5.89. The average Bonchev–Trinajstić information content (AvgIpc) is 2.87. The summed E-state index contributed by atoms with van der Waals surface area (Å²) in [5.74, 6) is 5.64. The number of hydrogen-bond donors (Lipinski definition) is 2. The fourth-order valence-electron chi connectivity index (χ4n) is 2.37. The molecule has 2 aliphatic rings. The predicted octanol–water partition coefficient (Wildman–Crippen LogP) is 2.58. The maximum absolute atomic E-state index is 11.5. The number of carbonyl (C=O) groups excluding carboxylic acids is 1. The topological polar surface area (TPSA) is 68.3 Å². The summed E-state index contributed by atoms with van der Waals surface area (Å²) in [4.78, 5) is 11.5. The van der Waals surface area contributed by atoms with Crippen LogP contribution in [0.25, 0.3) is 22.5 Å². The van der Waals surface area contributed by atoms with Gasteiger partial charge in [-0.25, -0.2) is 5.84 Å². The summed E-state index contributed by atoms with van der Waals surface area (Å²) in [7, 11) is 0. The Bertz CT molecular complexity index is 704. The van der Waals surface area contributed by atoms with Crippen LogP contribution in [0.5, 0.6) is 0 Å². The van der Waals surface area contributed by atoms with Gasteiger partial charge < -0.3 is 4.42 Å². The van der Waals surface area contributed by atoms with Crippen LogP contribution in [0.1, 0.15) is 5.56 Å². The number of hydrogen-bond acceptors (Lipinski definition) is 3. The van der Waals surface area contributed by atoms with Gasteiger partial charge in [0.25, 0.3) is 0 Å². The molecule has 4 nitrogen and oxygen atoms in total. The van der Waals surface area contributed by atoms with Crippen molar-refractivity contribution in [2.24, 2.45) is 5.84 Å². The molecule has 4 heteroatoms. The van der Waals surface area contributed by atoms with E-state index in [0.29, 0.717) is 0 Å². The molecular weight excluding hydrogens is 252 g/mol. The smallest absolute Gasteiger partial charge is 0.238 e. The Balaban J connectivity index is 2.12. The van der Waals surface area contributed by atoms with Crippen LogP contribution in [-0.4, -0.2) is 5.91 Å². The second-order valence-corrected chi connectivity index (χ2v) is 4.55. The Morgan fingerprint density at radius 2 is 1.90 bits per heavy atom. The first-order valence-corrected chi connectivity index (χ1v) is 6.33. The Morgan fingerprint density at radius 1 is 1.10 bits per heavy atom. The first kappa shape index (κ1) is 12.4. The molecule has 0 spiro atoms. The van der Waals surface area contributed by atoms with E-state index in [1.54, 1.807) is 6.26 Å². The highest BCUT2D eigenvalue weighted by Crippen LogP contribution is 2.38. The number of nitrogens with one attached hydrogen (secondary N) is 1. The van der Waals surface area contributed by atoms with E-state index in [1.165, 1.54) is 0 Å². The van der Waals surface area contributed by atoms with Crippen molar-refractivity contribution in [1.82, 2.24) is 5.43 Å². The van der Waals surface area contributed by atoms with Gasteiger partial charge in [-0.3, -0.25) is 10.2 Å². The van der Waals surface area contributed by atoms with E-state index in [1.807, 2.05) is 48.5 Å². The van der Waals surface area contributed by atoms with Crippen LogP contribution in [-0.2, 0) is 11.2 Å². The first-order valence-electron chi connectivity index (χ1n) is 6.33. The maximum Gasteiger partial charge on any atom is 0.238 e. The van der Waals surface area contributed by atoms with Crippen molar-refractivity contribution in [2.75, 3.05) is 0 Å². The van der Waals surface area contributed by atoms with Crippen molar-refractivity contribution in [2.45, 2.75) is 6.42 Å². The molecule has 3 N–H and O–H groups in total. The van der Waals surface area contributed by atoms with Crippen molar-refractivity contribution in [3.05, 3.63) is 60.4 Å². The van der Waals surface area contributed by atoms with E-state index in [2.05, 4.69) is 5.43 Å². The third kappa shape index (κ3) is 2.17. The standard InChI is InChI=1S/C16H14N2O2/c17-18-15(19)10-12-9-14(11-5-2-1-3-6-11)13-7-4-8-20-16(12)13/h1-9H,10,17H2,(H,18,19). The fourth-order valence-corrected chi connectivity index (χ4v) is 2.37. The Hall–Kier alpha value is -2.59. The van der Waals surface area contributed by atoms with Gasteiger partial charge in [0.15, 0.2) is 0 Å². The summed E-state index contributed by atoms with van der Waals surface area (Å²) in [6.07, 6.45) is 1.81. The zero-order chi connectivity index (χ0) is 13.9. The minimum Gasteiger partial charge on any atom is -0.464 e. The normalized spacial score (nSPS) is 10.7. The minimum atomic E-state index is -0.240. The third-order valence-corrected chi connectivity index (χ3v) is 3.27. The molecule has 0 unspecified atom stereocenters. The van der Waals surface area contributed by atoms with Gasteiger partial charge in [0, 0.05) is 11.1 Å². The zero-order valence-electron chi connectivity index (χ0n) is 10.8. The molecule has 0 fully saturated rings. The average molecular weight is 266 g/mol. The van der Waals surface area contributed by atoms with E-state index in [9.17, 15) is 4.79 Å². The van der Waals surface area contributed by atoms with Crippen LogP contribution in [0, 0.1) is 0 Å². The van der Waals surface area contributed by atoms with Crippen LogP contribution in [0.15, 0.2) is 59.2 Å². The summed E-state index contributed by atoms with van der Waals surface area (Å²) >= 11 is 0. The lowest BCUT2D eigenvalue weighted by molar-refractivity contribution is -0.120. The van der Waals surface area contributed by atoms with Gasteiger partial charge >= 0.3 is 0 Å². The molecule has 0 saturated carbocycles. The van der Waals surface area contributed by atoms with Gasteiger partial charge in [0.05, 0.1) is 12.7 Å². The molecule has 100 valence electrons. The Labute approximate surface area is 116 Å². The predicted molar refractivity (Wildman–Crippen MR) is 76.8 cm³/mol. The lowest BCUT2D eigenvalue weighted by Gasteiger charge is -2.03. The second-order valence-electron chi connectivity index (χ2n) is 4.55. The quantitative estimate of drug-likeness (QED) is 0.435. The van der Waals surface area contributed by atoms with Crippen LogP contribution in [0.4, 0.5) is 0 Å². The van der Waals surface area contributed by atoms with Crippen LogP contribution in [0.3, 0.4) is 0 Å². The molecule has 0 atom stereocenters. The van der Waals surface area contributed by atoms with Crippen LogP contribution < -0.4 is 11.3 Å². The highest BCUT2D eigenvalue weighted by atomic mass is 16.3. The first-order chi connectivity index (χ1) is 9.79. The zero-order valence-corrected chi connectivity index (χ0v) is 10.8. The molecule has 0 radical (unpaired) electrons. The molecule has 3 rings (SSSR count). The molecule has 20 heavy (non-hydrogen) atoms. The van der Waals surface area contributed by atoms with Gasteiger partial charge in [-0.1, -0.05) is 30.3 Å². The molecule has 1 amide bonds. The largest absolute Gasteiger partial charge is 0.464 e. The van der Waals surface area contributed by atoms with Gasteiger partial charge in [-0.2, -0.15) is 0 Å². The lowest BCUT2D eigenvalue weighted by Crippen LogP contribution is -2.31. The molecule has 0 bridgehead atoms. The van der Waals surface area contributed by atoms with Crippen LogP contribution in [0.2, 0.25) is 0 Å². The summed E-state index contributed by atoms with van der Waals surface area (Å²) in [6.45, 7) is 0. The number of amides is 1. The van der Waals surface area contributed by atoms with E-state index < -0.39 is 0 Å². The number of carbonyl (C=O) groups is 1. The number of nitrogens with two attached hydrogens (primary N) is 1. The van der Waals surface area contributed by atoms with E-state index in [0.717, 1.165) is 28.0 Å². The summed E-state index contributed by atoms with van der Waals surface area (Å²) in [5, 5.41) is 0. The van der Waals surface area contributed by atoms with Gasteiger partial charge in [0.1, 0.15) is 5.76 Å². The summed E-state index contributed by atoms with van der Waals surface area (Å²) in [6, 6.07) is 15.8. The molecular formula is C16H14N2O2. The molecule has 1 aliphatic heterocycles. The maximum atomic E-state index is 11.5. The van der Waals surface area contributed by atoms with E-state index in [4.69, 9.17) is 10.3 Å². The number of fused-ring (bicyclic) bond motifs is 1. The van der Waals surface area contributed by atoms with Gasteiger partial charge in [-0.15, -0.1) is 0 Å². The molecule has 0 saturated heterocycles. The molecule has 1 aromatic rings. The Morgan fingerprint density at radius 3 is 2.65 bits per heavy atom.